The number of pyridine rings is 1. The number of nitrogens with zero attached hydrogens (tertiary/aromatic N) is 1. The number of hydrogen-bond acceptors (Lipinski definition) is 5. The summed E-state index contributed by atoms with van der Waals surface area (Å²) in [5, 5.41) is 2.49. The van der Waals surface area contributed by atoms with Crippen molar-refractivity contribution in [2.24, 2.45) is 0 Å². The van der Waals surface area contributed by atoms with Crippen molar-refractivity contribution in [3.63, 3.8) is 0 Å². The molecule has 1 amide bonds. The van der Waals surface area contributed by atoms with Crippen LogP contribution in [0.4, 0.5) is 10.5 Å². The summed E-state index contributed by atoms with van der Waals surface area (Å²) in [6, 6.07) is 1.48. The van der Waals surface area contributed by atoms with E-state index in [1.165, 1.54) is 12.3 Å². The van der Waals surface area contributed by atoms with Crippen LogP contribution in [0.25, 0.3) is 0 Å². The van der Waals surface area contributed by atoms with E-state index in [-0.39, 0.29) is 17.9 Å². The summed E-state index contributed by atoms with van der Waals surface area (Å²) < 4.78 is 10.5. The minimum Gasteiger partial charge on any atom is -0.462 e. The van der Waals surface area contributed by atoms with Gasteiger partial charge < -0.3 is 9.47 Å². The van der Waals surface area contributed by atoms with E-state index in [9.17, 15) is 9.59 Å². The average molecular weight is 345 g/mol. The molecule has 0 unspecified atom stereocenters. The number of esters is 1. The van der Waals surface area contributed by atoms with Gasteiger partial charge in [-0.3, -0.25) is 5.32 Å². The number of amides is 1. The number of hydrogen-bond donors (Lipinski definition) is 1. The van der Waals surface area contributed by atoms with Crippen molar-refractivity contribution in [1.29, 1.82) is 0 Å². The molecule has 0 saturated carbocycles. The number of nitrogens with one attached hydrogen (secondary N) is 1. The zero-order valence-corrected chi connectivity index (χ0v) is 13.4. The van der Waals surface area contributed by atoms with Crippen LogP contribution in [-0.4, -0.2) is 29.3 Å². The van der Waals surface area contributed by atoms with Crippen molar-refractivity contribution < 1.29 is 19.1 Å². The molecule has 6 nitrogen and oxygen atoms in total. The van der Waals surface area contributed by atoms with Gasteiger partial charge >= 0.3 is 12.1 Å². The summed E-state index contributed by atoms with van der Waals surface area (Å²) in [6.45, 7) is 7.19. The highest BCUT2D eigenvalue weighted by Gasteiger charge is 2.20. The Morgan fingerprint density at radius 2 is 2.05 bits per heavy atom. The Morgan fingerprint density at radius 1 is 1.40 bits per heavy atom. The molecule has 110 valence electrons. The molecule has 0 bridgehead atoms. The van der Waals surface area contributed by atoms with E-state index >= 15 is 0 Å². The Bertz CT molecular complexity index is 512. The molecule has 1 aromatic rings. The van der Waals surface area contributed by atoms with E-state index in [0.717, 1.165) is 0 Å². The summed E-state index contributed by atoms with van der Waals surface area (Å²) in [4.78, 5) is 27.5. The fraction of sp³-hybridized carbons (Fsp3) is 0.462. The summed E-state index contributed by atoms with van der Waals surface area (Å²) in [5.41, 5.74) is -0.183. The van der Waals surface area contributed by atoms with E-state index in [4.69, 9.17) is 9.47 Å². The molecule has 0 fully saturated rings. The zero-order chi connectivity index (χ0) is 15.3. The Hall–Kier alpha value is -1.63. The lowest BCUT2D eigenvalue weighted by Crippen LogP contribution is -2.28. The minimum atomic E-state index is -0.660. The Balaban J connectivity index is 2.94. The van der Waals surface area contributed by atoms with E-state index in [0.29, 0.717) is 4.60 Å². The smallest absolute Gasteiger partial charge is 0.412 e. The van der Waals surface area contributed by atoms with Crippen molar-refractivity contribution in [3.8, 4) is 0 Å². The lowest BCUT2D eigenvalue weighted by molar-refractivity contribution is 0.0527. The second-order valence-corrected chi connectivity index (χ2v) is 5.71. The van der Waals surface area contributed by atoms with Gasteiger partial charge in [-0.1, -0.05) is 0 Å². The van der Waals surface area contributed by atoms with Gasteiger partial charge in [0.1, 0.15) is 10.2 Å². The molecular weight excluding hydrogens is 328 g/mol. The van der Waals surface area contributed by atoms with Crippen LogP contribution in [0.15, 0.2) is 16.9 Å². The first-order valence-corrected chi connectivity index (χ1v) is 6.85. The standard InChI is InChI=1S/C13H17BrN2O4/c1-5-19-11(17)8-6-10(14)15-7-9(8)16-12(18)20-13(2,3)4/h6-7H,5H2,1-4H3,(H,16,18). The van der Waals surface area contributed by atoms with Gasteiger partial charge in [-0.05, 0) is 49.7 Å². The lowest BCUT2D eigenvalue weighted by Gasteiger charge is -2.20. The van der Waals surface area contributed by atoms with Gasteiger partial charge in [-0.2, -0.15) is 0 Å². The van der Waals surface area contributed by atoms with Crippen LogP contribution in [0.2, 0.25) is 0 Å². The molecule has 0 aromatic carbocycles. The zero-order valence-electron chi connectivity index (χ0n) is 11.8. The van der Waals surface area contributed by atoms with Gasteiger partial charge in [-0.25, -0.2) is 14.6 Å². The van der Waals surface area contributed by atoms with Gasteiger partial charge in [0, 0.05) is 0 Å². The maximum Gasteiger partial charge on any atom is 0.412 e. The van der Waals surface area contributed by atoms with Crippen molar-refractivity contribution in [1.82, 2.24) is 4.98 Å². The molecule has 0 atom stereocenters. The molecule has 0 aliphatic heterocycles. The molecule has 0 aliphatic rings. The van der Waals surface area contributed by atoms with Crippen molar-refractivity contribution >= 4 is 33.7 Å². The number of carbonyl (C=O) groups is 2. The van der Waals surface area contributed by atoms with Crippen LogP contribution in [0.3, 0.4) is 0 Å². The van der Waals surface area contributed by atoms with Gasteiger partial charge in [-0.15, -0.1) is 0 Å². The number of aromatic nitrogens is 1. The van der Waals surface area contributed by atoms with E-state index < -0.39 is 17.7 Å². The van der Waals surface area contributed by atoms with E-state index in [1.54, 1.807) is 27.7 Å². The first kappa shape index (κ1) is 16.4. The second-order valence-electron chi connectivity index (χ2n) is 4.90. The third kappa shape index (κ3) is 5.16. The van der Waals surface area contributed by atoms with Crippen LogP contribution in [0.1, 0.15) is 38.1 Å². The van der Waals surface area contributed by atoms with Crippen LogP contribution in [-0.2, 0) is 9.47 Å². The third-order valence-corrected chi connectivity index (χ3v) is 2.44. The fourth-order valence-electron chi connectivity index (χ4n) is 1.32. The van der Waals surface area contributed by atoms with E-state index in [2.05, 4.69) is 26.2 Å². The molecular formula is C13H17BrN2O4. The van der Waals surface area contributed by atoms with Crippen molar-refractivity contribution in [2.75, 3.05) is 11.9 Å². The van der Waals surface area contributed by atoms with Crippen LogP contribution < -0.4 is 5.32 Å². The number of halogens is 1. The maximum atomic E-state index is 11.8. The number of ether oxygens (including phenoxy) is 2. The van der Waals surface area contributed by atoms with Gasteiger partial charge in [0.2, 0.25) is 0 Å². The number of carbonyl (C=O) groups excluding carboxylic acids is 2. The predicted octanol–water partition coefficient (Wildman–Crippen LogP) is 3.37. The van der Waals surface area contributed by atoms with E-state index in [1.807, 2.05) is 0 Å². The monoisotopic (exact) mass is 344 g/mol. The Kier molecular flexibility index (Phi) is 5.50. The summed E-state index contributed by atoms with van der Waals surface area (Å²) >= 11 is 3.17. The molecule has 1 N–H and O–H groups in total. The minimum absolute atomic E-state index is 0.208. The van der Waals surface area contributed by atoms with Gasteiger partial charge in [0.25, 0.3) is 0 Å². The molecule has 20 heavy (non-hydrogen) atoms. The molecule has 1 aromatic heterocycles. The lowest BCUT2D eigenvalue weighted by atomic mass is 10.2. The SMILES string of the molecule is CCOC(=O)c1cc(Br)ncc1NC(=O)OC(C)(C)C. The quantitative estimate of drug-likeness (QED) is 0.671. The molecule has 0 saturated heterocycles. The highest BCUT2D eigenvalue weighted by atomic mass is 79.9. The van der Waals surface area contributed by atoms with Crippen LogP contribution in [0, 0.1) is 0 Å². The van der Waals surface area contributed by atoms with Crippen molar-refractivity contribution in [3.05, 3.63) is 22.4 Å². The van der Waals surface area contributed by atoms with Gasteiger partial charge in [0.15, 0.2) is 0 Å². The Morgan fingerprint density at radius 3 is 2.60 bits per heavy atom. The third-order valence-electron chi connectivity index (χ3n) is 2.00. The summed E-state index contributed by atoms with van der Waals surface area (Å²) in [7, 11) is 0. The first-order chi connectivity index (χ1) is 9.23. The van der Waals surface area contributed by atoms with Crippen LogP contribution >= 0.6 is 15.9 Å². The normalized spacial score (nSPS) is 10.8. The number of anilines is 1. The van der Waals surface area contributed by atoms with Gasteiger partial charge in [0.05, 0.1) is 24.1 Å². The molecule has 0 radical (unpaired) electrons. The fourth-order valence-corrected chi connectivity index (χ4v) is 1.65. The van der Waals surface area contributed by atoms with Crippen molar-refractivity contribution in [2.45, 2.75) is 33.3 Å². The maximum absolute atomic E-state index is 11.8. The highest BCUT2D eigenvalue weighted by Crippen LogP contribution is 2.20. The summed E-state index contributed by atoms with van der Waals surface area (Å²) in [5.74, 6) is -0.540. The predicted molar refractivity (Wildman–Crippen MR) is 77.8 cm³/mol. The summed E-state index contributed by atoms with van der Waals surface area (Å²) in [6.07, 6.45) is 0.701. The Labute approximate surface area is 126 Å². The first-order valence-electron chi connectivity index (χ1n) is 6.05. The second kappa shape index (κ2) is 6.69. The largest absolute Gasteiger partial charge is 0.462 e. The highest BCUT2D eigenvalue weighted by molar-refractivity contribution is 9.10. The van der Waals surface area contributed by atoms with Crippen LogP contribution in [0.5, 0.6) is 0 Å². The topological polar surface area (TPSA) is 77.5 Å². The number of rotatable bonds is 3. The molecule has 1 heterocycles. The molecule has 0 aliphatic carbocycles. The average Bonchev–Trinajstić information content (AvgIpc) is 2.29. The molecule has 1 rings (SSSR count). The molecule has 7 heteroatoms. The molecule has 0 spiro atoms.